The van der Waals surface area contributed by atoms with Crippen molar-refractivity contribution in [2.45, 2.75) is 12.8 Å². The van der Waals surface area contributed by atoms with Crippen molar-refractivity contribution in [2.75, 3.05) is 58.9 Å². The van der Waals surface area contributed by atoms with Gasteiger partial charge < -0.3 is 15.5 Å². The van der Waals surface area contributed by atoms with Crippen LogP contribution in [0.3, 0.4) is 0 Å². The number of amides is 1. The number of piperidine rings is 1. The molecule has 1 amide bonds. The molecule has 2 N–H and O–H groups in total. The number of benzene rings is 1. The largest absolute Gasteiger partial charge is 0.351 e. The van der Waals surface area contributed by atoms with Crippen LogP contribution in [0.4, 0.5) is 4.39 Å². The number of nitrogens with zero attached hydrogens (tertiary/aromatic N) is 2. The minimum atomic E-state index is -0.466. The van der Waals surface area contributed by atoms with Crippen LogP contribution < -0.4 is 10.6 Å². The summed E-state index contributed by atoms with van der Waals surface area (Å²) in [6, 6.07) is 6.11. The first-order chi connectivity index (χ1) is 12.2. The van der Waals surface area contributed by atoms with Gasteiger partial charge in [-0.15, -0.1) is 12.4 Å². The molecule has 146 valence electrons. The van der Waals surface area contributed by atoms with E-state index < -0.39 is 5.82 Å². The standard InChI is InChI=1S/C19H29FN4O.ClH/c20-18-4-2-1-3-17(18)19(25)22-9-10-23-11-13-24(14-12-23)15-16-5-7-21-8-6-16;/h1-4,16,21H,5-15H2,(H,22,25);1H. The van der Waals surface area contributed by atoms with E-state index in [2.05, 4.69) is 20.4 Å². The van der Waals surface area contributed by atoms with Crippen molar-refractivity contribution >= 4 is 18.3 Å². The second-order valence-corrected chi connectivity index (χ2v) is 7.07. The number of hydrogen-bond acceptors (Lipinski definition) is 4. The van der Waals surface area contributed by atoms with Gasteiger partial charge in [0.2, 0.25) is 0 Å². The third kappa shape index (κ3) is 6.20. The third-order valence-electron chi connectivity index (χ3n) is 5.27. The van der Waals surface area contributed by atoms with E-state index in [0.717, 1.165) is 51.7 Å². The van der Waals surface area contributed by atoms with Gasteiger partial charge in [0.15, 0.2) is 0 Å². The minimum absolute atomic E-state index is 0. The van der Waals surface area contributed by atoms with E-state index in [4.69, 9.17) is 0 Å². The van der Waals surface area contributed by atoms with E-state index in [-0.39, 0.29) is 23.9 Å². The van der Waals surface area contributed by atoms with Gasteiger partial charge in [0, 0.05) is 45.8 Å². The molecule has 2 heterocycles. The minimum Gasteiger partial charge on any atom is -0.351 e. The molecule has 2 aliphatic heterocycles. The molecule has 1 aromatic carbocycles. The fraction of sp³-hybridized carbons (Fsp3) is 0.632. The molecule has 0 bridgehead atoms. The van der Waals surface area contributed by atoms with Gasteiger partial charge in [0.05, 0.1) is 5.56 Å². The highest BCUT2D eigenvalue weighted by atomic mass is 35.5. The van der Waals surface area contributed by atoms with Crippen LogP contribution in [-0.2, 0) is 0 Å². The molecular weight excluding hydrogens is 355 g/mol. The Morgan fingerprint density at radius 1 is 1.12 bits per heavy atom. The molecule has 0 aromatic heterocycles. The molecule has 2 fully saturated rings. The zero-order valence-electron chi connectivity index (χ0n) is 15.3. The zero-order valence-corrected chi connectivity index (χ0v) is 16.1. The molecule has 2 saturated heterocycles. The van der Waals surface area contributed by atoms with Crippen LogP contribution in [0.5, 0.6) is 0 Å². The lowest BCUT2D eigenvalue weighted by Crippen LogP contribution is -2.50. The van der Waals surface area contributed by atoms with Crippen molar-refractivity contribution < 1.29 is 9.18 Å². The van der Waals surface area contributed by atoms with Gasteiger partial charge in [0.25, 0.3) is 5.91 Å². The van der Waals surface area contributed by atoms with Crippen LogP contribution in [0.1, 0.15) is 23.2 Å². The Bertz CT molecular complexity index is 560. The van der Waals surface area contributed by atoms with Crippen molar-refractivity contribution in [2.24, 2.45) is 5.92 Å². The van der Waals surface area contributed by atoms with Crippen LogP contribution in [0.15, 0.2) is 24.3 Å². The SMILES string of the molecule is Cl.O=C(NCCN1CCN(CC2CCNCC2)CC1)c1ccccc1F. The van der Waals surface area contributed by atoms with Gasteiger partial charge in [-0.3, -0.25) is 9.69 Å². The van der Waals surface area contributed by atoms with E-state index >= 15 is 0 Å². The molecule has 0 spiro atoms. The highest BCUT2D eigenvalue weighted by Gasteiger charge is 2.21. The molecule has 0 radical (unpaired) electrons. The Morgan fingerprint density at radius 2 is 1.77 bits per heavy atom. The lowest BCUT2D eigenvalue weighted by molar-refractivity contribution is 0.0921. The van der Waals surface area contributed by atoms with Crippen molar-refractivity contribution in [3.8, 4) is 0 Å². The quantitative estimate of drug-likeness (QED) is 0.782. The summed E-state index contributed by atoms with van der Waals surface area (Å²) in [6.07, 6.45) is 2.59. The zero-order chi connectivity index (χ0) is 17.5. The summed E-state index contributed by atoms with van der Waals surface area (Å²) in [5.74, 6) is 0.0435. The van der Waals surface area contributed by atoms with Gasteiger partial charge in [0.1, 0.15) is 5.82 Å². The predicted molar refractivity (Wildman–Crippen MR) is 104 cm³/mol. The van der Waals surface area contributed by atoms with Gasteiger partial charge in [-0.2, -0.15) is 0 Å². The summed E-state index contributed by atoms with van der Waals surface area (Å²) in [4.78, 5) is 16.9. The summed E-state index contributed by atoms with van der Waals surface area (Å²) >= 11 is 0. The van der Waals surface area contributed by atoms with E-state index in [1.165, 1.54) is 31.5 Å². The summed E-state index contributed by atoms with van der Waals surface area (Å²) in [5.41, 5.74) is 0.120. The number of nitrogens with one attached hydrogen (secondary N) is 2. The average molecular weight is 385 g/mol. The average Bonchev–Trinajstić information content (AvgIpc) is 2.64. The molecule has 0 saturated carbocycles. The van der Waals surface area contributed by atoms with Crippen LogP contribution in [0.2, 0.25) is 0 Å². The van der Waals surface area contributed by atoms with Gasteiger partial charge in [-0.1, -0.05) is 12.1 Å². The lowest BCUT2D eigenvalue weighted by Gasteiger charge is -2.37. The number of hydrogen-bond donors (Lipinski definition) is 2. The van der Waals surface area contributed by atoms with Gasteiger partial charge in [-0.25, -0.2) is 4.39 Å². The lowest BCUT2D eigenvalue weighted by atomic mass is 9.97. The molecule has 0 atom stereocenters. The summed E-state index contributed by atoms with van der Waals surface area (Å²) in [7, 11) is 0. The predicted octanol–water partition coefficient (Wildman–Crippen LogP) is 1.59. The van der Waals surface area contributed by atoms with Crippen molar-refractivity contribution in [3.63, 3.8) is 0 Å². The normalized spacial score (nSPS) is 19.7. The number of carbonyl (C=O) groups excluding carboxylic acids is 1. The number of piperazine rings is 1. The molecule has 2 aliphatic rings. The highest BCUT2D eigenvalue weighted by Crippen LogP contribution is 2.14. The van der Waals surface area contributed by atoms with E-state index in [9.17, 15) is 9.18 Å². The summed E-state index contributed by atoms with van der Waals surface area (Å²) in [6.45, 7) is 9.21. The van der Waals surface area contributed by atoms with Crippen LogP contribution in [-0.4, -0.2) is 74.6 Å². The maximum absolute atomic E-state index is 13.6. The first-order valence-corrected chi connectivity index (χ1v) is 9.40. The fourth-order valence-electron chi connectivity index (χ4n) is 3.69. The Kier molecular flexibility index (Phi) is 8.78. The van der Waals surface area contributed by atoms with Gasteiger partial charge >= 0.3 is 0 Å². The van der Waals surface area contributed by atoms with Crippen LogP contribution >= 0.6 is 12.4 Å². The van der Waals surface area contributed by atoms with Gasteiger partial charge in [-0.05, 0) is 44.0 Å². The third-order valence-corrected chi connectivity index (χ3v) is 5.27. The van der Waals surface area contributed by atoms with Crippen molar-refractivity contribution in [3.05, 3.63) is 35.6 Å². The molecule has 0 aliphatic carbocycles. The molecule has 1 aromatic rings. The monoisotopic (exact) mass is 384 g/mol. The topological polar surface area (TPSA) is 47.6 Å². The maximum Gasteiger partial charge on any atom is 0.254 e. The Balaban J connectivity index is 0.00000243. The van der Waals surface area contributed by atoms with E-state index in [0.29, 0.717) is 6.54 Å². The Hall–Kier alpha value is -1.21. The summed E-state index contributed by atoms with van der Waals surface area (Å²) < 4.78 is 13.6. The van der Waals surface area contributed by atoms with Crippen molar-refractivity contribution in [1.82, 2.24) is 20.4 Å². The van der Waals surface area contributed by atoms with Crippen molar-refractivity contribution in [1.29, 1.82) is 0 Å². The molecule has 0 unspecified atom stereocenters. The number of rotatable bonds is 6. The molecule has 3 rings (SSSR count). The van der Waals surface area contributed by atoms with E-state index in [1.807, 2.05) is 0 Å². The molecule has 5 nitrogen and oxygen atoms in total. The molecule has 26 heavy (non-hydrogen) atoms. The second-order valence-electron chi connectivity index (χ2n) is 7.07. The van der Waals surface area contributed by atoms with E-state index in [1.54, 1.807) is 12.1 Å². The molecular formula is C19H30ClFN4O. The Labute approximate surface area is 161 Å². The first kappa shape index (κ1) is 21.1. The number of halogens is 2. The van der Waals surface area contributed by atoms with Crippen LogP contribution in [0.25, 0.3) is 0 Å². The summed E-state index contributed by atoms with van der Waals surface area (Å²) in [5, 5.41) is 6.24. The highest BCUT2D eigenvalue weighted by molar-refractivity contribution is 5.94. The Morgan fingerprint density at radius 3 is 2.46 bits per heavy atom. The van der Waals surface area contributed by atoms with Crippen LogP contribution in [0, 0.1) is 11.7 Å². The maximum atomic E-state index is 13.6. The first-order valence-electron chi connectivity index (χ1n) is 9.40. The fourth-order valence-corrected chi connectivity index (χ4v) is 3.69. The number of carbonyl (C=O) groups is 1. The second kappa shape index (κ2) is 10.8. The smallest absolute Gasteiger partial charge is 0.254 e. The molecule has 7 heteroatoms.